The monoisotopic (exact) mass is 259 g/mol. The summed E-state index contributed by atoms with van der Waals surface area (Å²) in [7, 11) is 2.09. The molecule has 0 saturated carbocycles. The Morgan fingerprint density at radius 3 is 2.68 bits per heavy atom. The molecule has 1 atom stereocenters. The summed E-state index contributed by atoms with van der Waals surface area (Å²) in [5.74, 6) is 0. The van der Waals surface area contributed by atoms with Crippen LogP contribution >= 0.6 is 0 Å². The average molecular weight is 259 g/mol. The Bertz CT molecular complexity index is 434. The Labute approximate surface area is 117 Å². The lowest BCUT2D eigenvalue weighted by atomic mass is 10.1. The van der Waals surface area contributed by atoms with E-state index >= 15 is 0 Å². The molecule has 19 heavy (non-hydrogen) atoms. The van der Waals surface area contributed by atoms with Crippen LogP contribution in [0.25, 0.3) is 0 Å². The molecule has 3 nitrogen and oxygen atoms in total. The third-order valence-corrected chi connectivity index (χ3v) is 3.31. The normalized spacial score (nSPS) is 11.9. The highest BCUT2D eigenvalue weighted by Gasteiger charge is 2.09. The van der Waals surface area contributed by atoms with Crippen molar-refractivity contribution < 1.29 is 0 Å². The third kappa shape index (κ3) is 4.92. The first kappa shape index (κ1) is 15.5. The molecule has 0 amide bonds. The smallest absolute Gasteiger partial charge is 0.0969 e. The fraction of sp³-hybridized carbons (Fsp3) is 0.562. The fourth-order valence-electron chi connectivity index (χ4n) is 2.21. The maximum absolute atomic E-state index is 9.10. The van der Waals surface area contributed by atoms with Crippen LogP contribution in [0, 0.1) is 25.2 Å². The number of nitrogens with zero attached hydrogens (tertiary/aromatic N) is 2. The van der Waals surface area contributed by atoms with Crippen LogP contribution < -0.4 is 10.2 Å². The maximum atomic E-state index is 9.10. The van der Waals surface area contributed by atoms with Gasteiger partial charge in [0.15, 0.2) is 0 Å². The van der Waals surface area contributed by atoms with E-state index in [9.17, 15) is 0 Å². The minimum absolute atomic E-state index is 0.0480. The molecule has 1 N–H and O–H groups in total. The molecule has 0 saturated heterocycles. The van der Waals surface area contributed by atoms with E-state index in [1.54, 1.807) is 0 Å². The summed E-state index contributed by atoms with van der Waals surface area (Å²) >= 11 is 0. The number of nitrogens with one attached hydrogen (secondary N) is 1. The Balaban J connectivity index is 2.54. The van der Waals surface area contributed by atoms with Crippen molar-refractivity contribution >= 4 is 5.69 Å². The second-order valence-corrected chi connectivity index (χ2v) is 5.14. The lowest BCUT2D eigenvalue weighted by molar-refractivity contribution is 0.561. The first-order valence-corrected chi connectivity index (χ1v) is 6.99. The van der Waals surface area contributed by atoms with Gasteiger partial charge in [-0.15, -0.1) is 0 Å². The Kier molecular flexibility index (Phi) is 6.38. The highest BCUT2D eigenvalue weighted by Crippen LogP contribution is 2.20. The van der Waals surface area contributed by atoms with E-state index < -0.39 is 0 Å². The maximum Gasteiger partial charge on any atom is 0.0969 e. The van der Waals surface area contributed by atoms with Crippen molar-refractivity contribution in [3.05, 3.63) is 29.3 Å². The van der Waals surface area contributed by atoms with Gasteiger partial charge in [0.05, 0.1) is 12.1 Å². The second kappa shape index (κ2) is 7.81. The zero-order chi connectivity index (χ0) is 14.3. The number of hydrogen-bond donors (Lipinski definition) is 1. The molecule has 1 unspecified atom stereocenters. The van der Waals surface area contributed by atoms with E-state index in [0.29, 0.717) is 0 Å². The van der Waals surface area contributed by atoms with Crippen molar-refractivity contribution in [2.75, 3.05) is 25.0 Å². The van der Waals surface area contributed by atoms with Crippen molar-refractivity contribution in [3.8, 4) is 6.07 Å². The Hall–Kier alpha value is -1.53. The van der Waals surface area contributed by atoms with Crippen LogP contribution in [0.1, 0.15) is 30.9 Å². The predicted octanol–water partition coefficient (Wildman–Crippen LogP) is 3.02. The Morgan fingerprint density at radius 1 is 1.37 bits per heavy atom. The predicted molar refractivity (Wildman–Crippen MR) is 81.5 cm³/mol. The summed E-state index contributed by atoms with van der Waals surface area (Å²) in [5, 5.41) is 12.4. The molecule has 0 aromatic heterocycles. The number of benzene rings is 1. The summed E-state index contributed by atoms with van der Waals surface area (Å²) < 4.78 is 0. The lowest BCUT2D eigenvalue weighted by Crippen LogP contribution is -2.32. The second-order valence-electron chi connectivity index (χ2n) is 5.14. The molecule has 0 heterocycles. The van der Waals surface area contributed by atoms with Gasteiger partial charge < -0.3 is 10.2 Å². The third-order valence-electron chi connectivity index (χ3n) is 3.31. The van der Waals surface area contributed by atoms with E-state index in [0.717, 1.165) is 25.9 Å². The van der Waals surface area contributed by atoms with Gasteiger partial charge >= 0.3 is 0 Å². The van der Waals surface area contributed by atoms with Gasteiger partial charge in [0.2, 0.25) is 0 Å². The van der Waals surface area contributed by atoms with Gasteiger partial charge in [0.25, 0.3) is 0 Å². The SMILES string of the molecule is CCCNC(C#N)CCN(C)c1ccc(C)cc1C. The zero-order valence-electron chi connectivity index (χ0n) is 12.5. The molecule has 0 aliphatic heterocycles. The molecule has 0 aliphatic carbocycles. The molecule has 0 spiro atoms. The highest BCUT2D eigenvalue weighted by atomic mass is 15.1. The minimum Gasteiger partial charge on any atom is -0.374 e. The molecule has 0 aliphatic rings. The molecule has 1 rings (SSSR count). The van der Waals surface area contributed by atoms with Gasteiger partial charge in [-0.25, -0.2) is 0 Å². The molecular weight excluding hydrogens is 234 g/mol. The molecule has 104 valence electrons. The number of anilines is 1. The number of aryl methyl sites for hydroxylation is 2. The molecule has 1 aromatic carbocycles. The van der Waals surface area contributed by atoms with Gasteiger partial charge in [-0.1, -0.05) is 24.6 Å². The summed E-state index contributed by atoms with van der Waals surface area (Å²) in [6, 6.07) is 8.77. The summed E-state index contributed by atoms with van der Waals surface area (Å²) in [6.07, 6.45) is 1.91. The van der Waals surface area contributed by atoms with Gasteiger partial charge in [0, 0.05) is 19.3 Å². The zero-order valence-corrected chi connectivity index (χ0v) is 12.5. The Morgan fingerprint density at radius 2 is 2.11 bits per heavy atom. The van der Waals surface area contributed by atoms with Gasteiger partial charge in [-0.2, -0.15) is 5.26 Å². The van der Waals surface area contributed by atoms with Gasteiger partial charge in [-0.05, 0) is 44.9 Å². The number of hydrogen-bond acceptors (Lipinski definition) is 3. The van der Waals surface area contributed by atoms with Crippen LogP contribution in [-0.4, -0.2) is 26.2 Å². The summed E-state index contributed by atoms with van der Waals surface area (Å²) in [6.45, 7) is 8.15. The molecule has 0 fully saturated rings. The first-order valence-electron chi connectivity index (χ1n) is 6.99. The van der Waals surface area contributed by atoms with Crippen LogP contribution in [-0.2, 0) is 0 Å². The van der Waals surface area contributed by atoms with E-state index in [1.165, 1.54) is 16.8 Å². The molecule has 0 bridgehead atoms. The van der Waals surface area contributed by atoms with Crippen LogP contribution in [0.4, 0.5) is 5.69 Å². The van der Waals surface area contributed by atoms with Crippen LogP contribution in [0.5, 0.6) is 0 Å². The largest absolute Gasteiger partial charge is 0.374 e. The van der Waals surface area contributed by atoms with E-state index in [2.05, 4.69) is 62.3 Å². The first-order chi connectivity index (χ1) is 9.08. The van der Waals surface area contributed by atoms with Crippen molar-refractivity contribution in [3.63, 3.8) is 0 Å². The average Bonchev–Trinajstić information content (AvgIpc) is 2.38. The van der Waals surface area contributed by atoms with Crippen molar-refractivity contribution in [2.24, 2.45) is 0 Å². The highest BCUT2D eigenvalue weighted by molar-refractivity contribution is 5.53. The van der Waals surface area contributed by atoms with Gasteiger partial charge in [0.1, 0.15) is 0 Å². The van der Waals surface area contributed by atoms with Crippen molar-refractivity contribution in [1.29, 1.82) is 5.26 Å². The number of rotatable bonds is 7. The fourth-order valence-corrected chi connectivity index (χ4v) is 2.21. The van der Waals surface area contributed by atoms with Crippen molar-refractivity contribution in [1.82, 2.24) is 5.32 Å². The quantitative estimate of drug-likeness (QED) is 0.818. The number of nitriles is 1. The van der Waals surface area contributed by atoms with E-state index in [-0.39, 0.29) is 6.04 Å². The van der Waals surface area contributed by atoms with Crippen LogP contribution in [0.2, 0.25) is 0 Å². The molecule has 0 radical (unpaired) electrons. The van der Waals surface area contributed by atoms with Crippen molar-refractivity contribution in [2.45, 2.75) is 39.7 Å². The molecular formula is C16H25N3. The summed E-state index contributed by atoms with van der Waals surface area (Å²) in [5.41, 5.74) is 3.82. The van der Waals surface area contributed by atoms with Gasteiger partial charge in [-0.3, -0.25) is 0 Å². The lowest BCUT2D eigenvalue weighted by Gasteiger charge is -2.23. The van der Waals surface area contributed by atoms with Crippen LogP contribution in [0.15, 0.2) is 18.2 Å². The van der Waals surface area contributed by atoms with E-state index in [4.69, 9.17) is 5.26 Å². The topological polar surface area (TPSA) is 39.1 Å². The van der Waals surface area contributed by atoms with Crippen LogP contribution in [0.3, 0.4) is 0 Å². The molecule has 3 heteroatoms. The standard InChI is InChI=1S/C16H25N3/c1-5-9-18-15(12-17)8-10-19(4)16-7-6-13(2)11-14(16)3/h6-7,11,15,18H,5,8-10H2,1-4H3. The minimum atomic E-state index is -0.0480. The molecule has 1 aromatic rings. The summed E-state index contributed by atoms with van der Waals surface area (Å²) in [4.78, 5) is 2.23. The van der Waals surface area contributed by atoms with E-state index in [1.807, 2.05) is 0 Å².